The highest BCUT2D eigenvalue weighted by molar-refractivity contribution is 6.42. The predicted molar refractivity (Wildman–Crippen MR) is 96.1 cm³/mol. The third kappa shape index (κ3) is 3.26. The number of hydrogen-bond acceptors (Lipinski definition) is 1. The molecule has 3 rings (SSSR count). The normalized spacial score (nSPS) is 10.8. The van der Waals surface area contributed by atoms with E-state index in [1.165, 1.54) is 0 Å². The van der Waals surface area contributed by atoms with Gasteiger partial charge in [0.15, 0.2) is 5.78 Å². The molecular formula is C17H9Cl4NO. The van der Waals surface area contributed by atoms with Gasteiger partial charge in [-0.2, -0.15) is 0 Å². The lowest BCUT2D eigenvalue weighted by Crippen LogP contribution is -2.01. The molecule has 0 radical (unpaired) electrons. The Morgan fingerprint density at radius 1 is 0.783 bits per heavy atom. The van der Waals surface area contributed by atoms with E-state index < -0.39 is 0 Å². The fourth-order valence-electron chi connectivity index (χ4n) is 2.25. The fourth-order valence-corrected chi connectivity index (χ4v) is 2.84. The van der Waals surface area contributed by atoms with Gasteiger partial charge in [-0.3, -0.25) is 4.79 Å². The van der Waals surface area contributed by atoms with Crippen molar-refractivity contribution in [3.8, 4) is 11.1 Å². The van der Waals surface area contributed by atoms with Crippen molar-refractivity contribution < 1.29 is 4.79 Å². The second kappa shape index (κ2) is 6.58. The molecule has 0 fully saturated rings. The van der Waals surface area contributed by atoms with E-state index in [9.17, 15) is 4.79 Å². The van der Waals surface area contributed by atoms with Gasteiger partial charge in [-0.25, -0.2) is 0 Å². The molecule has 1 N–H and O–H groups in total. The van der Waals surface area contributed by atoms with Crippen LogP contribution in [-0.2, 0) is 0 Å². The van der Waals surface area contributed by atoms with E-state index in [4.69, 9.17) is 46.4 Å². The molecule has 0 aliphatic rings. The van der Waals surface area contributed by atoms with Gasteiger partial charge in [-0.15, -0.1) is 0 Å². The number of aromatic nitrogens is 1. The third-order valence-corrected chi connectivity index (χ3v) is 4.88. The van der Waals surface area contributed by atoms with Gasteiger partial charge in [0, 0.05) is 29.1 Å². The van der Waals surface area contributed by atoms with Crippen molar-refractivity contribution in [3.63, 3.8) is 0 Å². The molecule has 116 valence electrons. The highest BCUT2D eigenvalue weighted by atomic mass is 35.5. The summed E-state index contributed by atoms with van der Waals surface area (Å²) in [6.07, 6.45) is 3.38. The van der Waals surface area contributed by atoms with Crippen LogP contribution in [0.5, 0.6) is 0 Å². The highest BCUT2D eigenvalue weighted by Crippen LogP contribution is 2.32. The van der Waals surface area contributed by atoms with Crippen molar-refractivity contribution in [3.05, 3.63) is 80.0 Å². The fraction of sp³-hybridized carbons (Fsp3) is 0. The molecule has 3 aromatic rings. The average Bonchev–Trinajstić information content (AvgIpc) is 3.01. The Hall–Kier alpha value is -1.45. The van der Waals surface area contributed by atoms with Crippen LogP contribution < -0.4 is 0 Å². The van der Waals surface area contributed by atoms with Gasteiger partial charge >= 0.3 is 0 Å². The lowest BCUT2D eigenvalue weighted by molar-refractivity contribution is 0.103. The lowest BCUT2D eigenvalue weighted by Gasteiger charge is -2.06. The van der Waals surface area contributed by atoms with Crippen LogP contribution in [0.3, 0.4) is 0 Å². The molecule has 2 nitrogen and oxygen atoms in total. The second-order valence-corrected chi connectivity index (χ2v) is 6.50. The predicted octanol–water partition coefficient (Wildman–Crippen LogP) is 6.53. The Morgan fingerprint density at radius 3 is 2.09 bits per heavy atom. The Morgan fingerprint density at radius 2 is 1.43 bits per heavy atom. The molecule has 0 aliphatic heterocycles. The van der Waals surface area contributed by atoms with Crippen molar-refractivity contribution in [1.82, 2.24) is 4.98 Å². The monoisotopic (exact) mass is 383 g/mol. The molecule has 0 saturated heterocycles. The molecule has 2 aromatic carbocycles. The van der Waals surface area contributed by atoms with Crippen LogP contribution >= 0.6 is 46.4 Å². The number of carbonyl (C=O) groups is 1. The molecular weight excluding hydrogens is 376 g/mol. The smallest absolute Gasteiger partial charge is 0.195 e. The third-order valence-electron chi connectivity index (χ3n) is 3.40. The maximum absolute atomic E-state index is 12.7. The van der Waals surface area contributed by atoms with Gasteiger partial charge in [0.25, 0.3) is 0 Å². The van der Waals surface area contributed by atoms with Gasteiger partial charge < -0.3 is 4.98 Å². The lowest BCUT2D eigenvalue weighted by atomic mass is 9.98. The van der Waals surface area contributed by atoms with E-state index in [0.717, 1.165) is 11.1 Å². The van der Waals surface area contributed by atoms with Crippen molar-refractivity contribution >= 4 is 52.2 Å². The first-order valence-corrected chi connectivity index (χ1v) is 8.10. The van der Waals surface area contributed by atoms with Crippen LogP contribution in [0.1, 0.15) is 15.9 Å². The number of ketones is 1. The van der Waals surface area contributed by atoms with Gasteiger partial charge in [0.1, 0.15) is 0 Å². The van der Waals surface area contributed by atoms with E-state index in [-0.39, 0.29) is 5.78 Å². The first kappa shape index (κ1) is 16.4. The average molecular weight is 385 g/mol. The van der Waals surface area contributed by atoms with Crippen molar-refractivity contribution in [2.45, 2.75) is 0 Å². The highest BCUT2D eigenvalue weighted by Gasteiger charge is 2.17. The van der Waals surface area contributed by atoms with Gasteiger partial charge in [0.2, 0.25) is 0 Å². The quantitative estimate of drug-likeness (QED) is 0.511. The van der Waals surface area contributed by atoms with E-state index in [0.29, 0.717) is 31.2 Å². The molecule has 0 amide bonds. The summed E-state index contributed by atoms with van der Waals surface area (Å²) in [5.74, 6) is -0.161. The minimum atomic E-state index is -0.161. The number of hydrogen-bond donors (Lipinski definition) is 1. The number of aromatic amines is 1. The Kier molecular flexibility index (Phi) is 4.69. The molecule has 0 spiro atoms. The second-order valence-electron chi connectivity index (χ2n) is 4.87. The van der Waals surface area contributed by atoms with Crippen LogP contribution in [0.15, 0.2) is 48.8 Å². The molecule has 0 bridgehead atoms. The van der Waals surface area contributed by atoms with E-state index in [1.807, 2.05) is 6.07 Å². The number of carbonyl (C=O) groups excluding carboxylic acids is 1. The van der Waals surface area contributed by atoms with E-state index >= 15 is 0 Å². The molecule has 0 atom stereocenters. The summed E-state index contributed by atoms with van der Waals surface area (Å²) < 4.78 is 0. The largest absolute Gasteiger partial charge is 0.366 e. The van der Waals surface area contributed by atoms with Gasteiger partial charge in [-0.1, -0.05) is 52.5 Å². The van der Waals surface area contributed by atoms with Crippen LogP contribution in [0.4, 0.5) is 0 Å². The summed E-state index contributed by atoms with van der Waals surface area (Å²) in [5.41, 5.74) is 2.51. The maximum Gasteiger partial charge on any atom is 0.195 e. The topological polar surface area (TPSA) is 32.9 Å². The molecule has 0 unspecified atom stereocenters. The number of benzene rings is 2. The summed E-state index contributed by atoms with van der Waals surface area (Å²) in [7, 11) is 0. The van der Waals surface area contributed by atoms with Gasteiger partial charge in [0.05, 0.1) is 20.1 Å². The summed E-state index contributed by atoms with van der Waals surface area (Å²) in [6, 6.07) is 10.0. The first-order valence-electron chi connectivity index (χ1n) is 6.59. The van der Waals surface area contributed by atoms with Crippen molar-refractivity contribution in [1.29, 1.82) is 0 Å². The van der Waals surface area contributed by atoms with Crippen LogP contribution in [0.25, 0.3) is 11.1 Å². The number of nitrogens with one attached hydrogen (secondary N) is 1. The molecule has 0 saturated carbocycles. The molecule has 23 heavy (non-hydrogen) atoms. The zero-order valence-corrected chi connectivity index (χ0v) is 14.6. The van der Waals surface area contributed by atoms with Crippen LogP contribution in [0, 0.1) is 0 Å². The minimum absolute atomic E-state index is 0.161. The number of halogens is 4. The summed E-state index contributed by atoms with van der Waals surface area (Å²) in [5, 5.41) is 1.63. The Balaban J connectivity index is 2.04. The summed E-state index contributed by atoms with van der Waals surface area (Å²) in [4.78, 5) is 15.7. The van der Waals surface area contributed by atoms with Gasteiger partial charge in [-0.05, 0) is 35.9 Å². The molecule has 0 aliphatic carbocycles. The van der Waals surface area contributed by atoms with Crippen molar-refractivity contribution in [2.75, 3.05) is 0 Å². The first-order chi connectivity index (χ1) is 11.0. The SMILES string of the molecule is O=C(c1ccc(Cl)c(Cl)c1)c1c[nH]cc1-c1ccc(Cl)c(Cl)c1. The zero-order chi connectivity index (χ0) is 16.6. The van der Waals surface area contributed by atoms with Crippen molar-refractivity contribution in [2.24, 2.45) is 0 Å². The zero-order valence-electron chi connectivity index (χ0n) is 11.5. The standard InChI is InChI=1S/C17H9Cl4NO/c18-13-3-1-9(5-15(13)20)11-7-22-8-12(11)17(23)10-2-4-14(19)16(21)6-10/h1-8,22H. The van der Waals surface area contributed by atoms with Crippen LogP contribution in [0.2, 0.25) is 20.1 Å². The molecule has 1 aromatic heterocycles. The molecule has 6 heteroatoms. The summed E-state index contributed by atoms with van der Waals surface area (Å²) >= 11 is 23.9. The number of rotatable bonds is 3. The van der Waals surface area contributed by atoms with E-state index in [2.05, 4.69) is 4.98 Å². The Labute approximate surface area is 152 Å². The minimum Gasteiger partial charge on any atom is -0.366 e. The number of H-pyrrole nitrogens is 1. The maximum atomic E-state index is 12.7. The molecule has 1 heterocycles. The van der Waals surface area contributed by atoms with Crippen LogP contribution in [-0.4, -0.2) is 10.8 Å². The van der Waals surface area contributed by atoms with E-state index in [1.54, 1.807) is 42.7 Å². The summed E-state index contributed by atoms with van der Waals surface area (Å²) in [6.45, 7) is 0. The Bertz CT molecular complexity index is 901.